The SMILES string of the molecule is COc1cccc(N(C)N)c1COc1ccc(-c2nn(C)c(Cl)c2C)cc1C. The van der Waals surface area contributed by atoms with Crippen molar-refractivity contribution in [3.8, 4) is 22.8 Å². The first kappa shape index (κ1) is 20.0. The summed E-state index contributed by atoms with van der Waals surface area (Å²) in [5.74, 6) is 7.48. The molecule has 0 aliphatic carbocycles. The van der Waals surface area contributed by atoms with Crippen LogP contribution in [-0.4, -0.2) is 23.9 Å². The predicted octanol–water partition coefficient (Wildman–Crippen LogP) is 4.25. The van der Waals surface area contributed by atoms with Crippen LogP contribution >= 0.6 is 11.6 Å². The van der Waals surface area contributed by atoms with Gasteiger partial charge in [-0.05, 0) is 49.7 Å². The van der Waals surface area contributed by atoms with Gasteiger partial charge in [-0.15, -0.1) is 0 Å². The fourth-order valence-corrected chi connectivity index (χ4v) is 3.34. The average molecular weight is 401 g/mol. The standard InChI is InChI=1S/C21H25ClN4O2/c1-13-11-15(20-14(2)21(22)26(4)24-20)9-10-18(13)28-12-16-17(25(3)23)7-6-8-19(16)27-5/h6-11H,12,23H2,1-5H3. The zero-order chi connectivity index (χ0) is 20.4. The van der Waals surface area contributed by atoms with E-state index >= 15 is 0 Å². The van der Waals surface area contributed by atoms with E-state index in [2.05, 4.69) is 11.2 Å². The molecular formula is C21H25ClN4O2. The van der Waals surface area contributed by atoms with Crippen molar-refractivity contribution < 1.29 is 9.47 Å². The zero-order valence-corrected chi connectivity index (χ0v) is 17.5. The van der Waals surface area contributed by atoms with Gasteiger partial charge in [-0.25, -0.2) is 5.84 Å². The minimum absolute atomic E-state index is 0.343. The zero-order valence-electron chi connectivity index (χ0n) is 16.8. The number of hydrogen-bond donors (Lipinski definition) is 1. The van der Waals surface area contributed by atoms with Crippen LogP contribution in [0.4, 0.5) is 5.69 Å². The van der Waals surface area contributed by atoms with Crippen molar-refractivity contribution in [3.05, 3.63) is 58.2 Å². The van der Waals surface area contributed by atoms with Crippen LogP contribution in [0.25, 0.3) is 11.3 Å². The second-order valence-electron chi connectivity index (χ2n) is 6.73. The number of methoxy groups -OCH3 is 1. The summed E-state index contributed by atoms with van der Waals surface area (Å²) in [6, 6.07) is 11.7. The highest BCUT2D eigenvalue weighted by atomic mass is 35.5. The molecule has 3 rings (SSSR count). The van der Waals surface area contributed by atoms with Gasteiger partial charge >= 0.3 is 0 Å². The molecule has 0 saturated heterocycles. The molecule has 0 fully saturated rings. The topological polar surface area (TPSA) is 65.5 Å². The third kappa shape index (κ3) is 3.79. The molecule has 0 aliphatic heterocycles. The van der Waals surface area contributed by atoms with Gasteiger partial charge in [0, 0.05) is 25.2 Å². The molecule has 0 spiro atoms. The van der Waals surface area contributed by atoms with Gasteiger partial charge < -0.3 is 14.5 Å². The number of rotatable bonds is 6. The van der Waals surface area contributed by atoms with Crippen LogP contribution in [-0.2, 0) is 13.7 Å². The van der Waals surface area contributed by atoms with Gasteiger partial charge in [0.1, 0.15) is 23.3 Å². The molecule has 0 atom stereocenters. The lowest BCUT2D eigenvalue weighted by molar-refractivity contribution is 0.295. The molecule has 6 nitrogen and oxygen atoms in total. The highest BCUT2D eigenvalue weighted by molar-refractivity contribution is 6.30. The van der Waals surface area contributed by atoms with Crippen LogP contribution in [0.5, 0.6) is 11.5 Å². The summed E-state index contributed by atoms with van der Waals surface area (Å²) >= 11 is 6.26. The number of ether oxygens (including phenoxy) is 2. The smallest absolute Gasteiger partial charge is 0.130 e. The first-order chi connectivity index (χ1) is 13.3. The number of nitrogens with two attached hydrogens (primary N) is 1. The Balaban J connectivity index is 1.86. The van der Waals surface area contributed by atoms with Crippen molar-refractivity contribution in [1.82, 2.24) is 9.78 Å². The lowest BCUT2D eigenvalue weighted by atomic mass is 10.1. The van der Waals surface area contributed by atoms with Crippen molar-refractivity contribution in [3.63, 3.8) is 0 Å². The summed E-state index contributed by atoms with van der Waals surface area (Å²) in [5.41, 5.74) is 5.60. The quantitative estimate of drug-likeness (QED) is 0.494. The molecule has 0 saturated carbocycles. The van der Waals surface area contributed by atoms with Gasteiger partial charge in [-0.3, -0.25) is 4.68 Å². The molecule has 0 bridgehead atoms. The van der Waals surface area contributed by atoms with Crippen LogP contribution in [0.1, 0.15) is 16.7 Å². The lowest BCUT2D eigenvalue weighted by Crippen LogP contribution is -2.26. The van der Waals surface area contributed by atoms with Crippen molar-refractivity contribution in [2.24, 2.45) is 12.9 Å². The first-order valence-electron chi connectivity index (χ1n) is 8.90. The maximum Gasteiger partial charge on any atom is 0.130 e. The molecule has 0 radical (unpaired) electrons. The van der Waals surface area contributed by atoms with Crippen molar-refractivity contribution >= 4 is 17.3 Å². The normalized spacial score (nSPS) is 10.8. The molecule has 28 heavy (non-hydrogen) atoms. The molecule has 7 heteroatoms. The van der Waals surface area contributed by atoms with E-state index in [1.54, 1.807) is 23.8 Å². The molecule has 1 heterocycles. The van der Waals surface area contributed by atoms with Crippen molar-refractivity contribution in [2.45, 2.75) is 20.5 Å². The second-order valence-corrected chi connectivity index (χ2v) is 7.08. The molecule has 0 unspecified atom stereocenters. The fourth-order valence-electron chi connectivity index (χ4n) is 3.21. The number of anilines is 1. The Bertz CT molecular complexity index is 998. The van der Waals surface area contributed by atoms with Crippen LogP contribution in [0.3, 0.4) is 0 Å². The van der Waals surface area contributed by atoms with Crippen LogP contribution in [0.15, 0.2) is 36.4 Å². The summed E-state index contributed by atoms with van der Waals surface area (Å²) < 4.78 is 13.2. The molecule has 2 aromatic carbocycles. The van der Waals surface area contributed by atoms with E-state index < -0.39 is 0 Å². The third-order valence-electron chi connectivity index (χ3n) is 4.73. The molecule has 2 N–H and O–H groups in total. The number of benzene rings is 2. The Kier molecular flexibility index (Phi) is 5.82. The molecule has 148 valence electrons. The summed E-state index contributed by atoms with van der Waals surface area (Å²) in [6.45, 7) is 4.32. The highest BCUT2D eigenvalue weighted by Crippen LogP contribution is 2.33. The predicted molar refractivity (Wildman–Crippen MR) is 113 cm³/mol. The molecule has 0 amide bonds. The number of aryl methyl sites for hydroxylation is 2. The van der Waals surface area contributed by atoms with Gasteiger partial charge in [-0.1, -0.05) is 17.7 Å². The Morgan fingerprint density at radius 2 is 1.93 bits per heavy atom. The van der Waals surface area contributed by atoms with Crippen LogP contribution < -0.4 is 20.3 Å². The van der Waals surface area contributed by atoms with Gasteiger partial charge in [-0.2, -0.15) is 5.10 Å². The number of hydrazine groups is 1. The first-order valence-corrected chi connectivity index (χ1v) is 9.28. The molecular weight excluding hydrogens is 376 g/mol. The summed E-state index contributed by atoms with van der Waals surface area (Å²) in [5, 5.41) is 6.71. The van der Waals surface area contributed by atoms with Gasteiger partial charge in [0.15, 0.2) is 0 Å². The van der Waals surface area contributed by atoms with E-state index in [0.717, 1.165) is 45.1 Å². The van der Waals surface area contributed by atoms with E-state index in [-0.39, 0.29) is 0 Å². The lowest BCUT2D eigenvalue weighted by Gasteiger charge is -2.20. The Labute approximate surface area is 170 Å². The maximum absolute atomic E-state index is 6.26. The van der Waals surface area contributed by atoms with Gasteiger partial charge in [0.25, 0.3) is 0 Å². The Hall–Kier alpha value is -2.70. The second kappa shape index (κ2) is 8.12. The van der Waals surface area contributed by atoms with E-state index in [0.29, 0.717) is 11.8 Å². The van der Waals surface area contributed by atoms with Gasteiger partial charge in [0.2, 0.25) is 0 Å². The summed E-state index contributed by atoms with van der Waals surface area (Å²) in [7, 11) is 5.26. The molecule has 3 aromatic rings. The van der Waals surface area contributed by atoms with Gasteiger partial charge in [0.05, 0.1) is 24.1 Å². The maximum atomic E-state index is 6.26. The minimum Gasteiger partial charge on any atom is -0.496 e. The number of hydrogen-bond acceptors (Lipinski definition) is 5. The Morgan fingerprint density at radius 1 is 1.18 bits per heavy atom. The average Bonchev–Trinajstić information content (AvgIpc) is 2.94. The third-order valence-corrected chi connectivity index (χ3v) is 5.26. The minimum atomic E-state index is 0.343. The summed E-state index contributed by atoms with van der Waals surface area (Å²) in [4.78, 5) is 0. The van der Waals surface area contributed by atoms with E-state index in [9.17, 15) is 0 Å². The van der Waals surface area contributed by atoms with Crippen LogP contribution in [0.2, 0.25) is 5.15 Å². The molecule has 1 aromatic heterocycles. The monoisotopic (exact) mass is 400 g/mol. The van der Waals surface area contributed by atoms with E-state index in [4.69, 9.17) is 26.9 Å². The fraction of sp³-hybridized carbons (Fsp3) is 0.286. The molecule has 0 aliphatic rings. The number of halogens is 1. The summed E-state index contributed by atoms with van der Waals surface area (Å²) in [6.07, 6.45) is 0. The van der Waals surface area contributed by atoms with Crippen LogP contribution in [0, 0.1) is 13.8 Å². The number of aromatic nitrogens is 2. The largest absolute Gasteiger partial charge is 0.496 e. The van der Waals surface area contributed by atoms with Crippen molar-refractivity contribution in [1.29, 1.82) is 0 Å². The van der Waals surface area contributed by atoms with E-state index in [1.807, 2.05) is 51.2 Å². The highest BCUT2D eigenvalue weighted by Gasteiger charge is 2.15. The van der Waals surface area contributed by atoms with E-state index in [1.165, 1.54) is 0 Å². The van der Waals surface area contributed by atoms with Crippen molar-refractivity contribution in [2.75, 3.05) is 19.2 Å². The Morgan fingerprint density at radius 3 is 2.50 bits per heavy atom. The number of nitrogens with zero attached hydrogens (tertiary/aromatic N) is 3.